The van der Waals surface area contributed by atoms with Gasteiger partial charge in [0, 0.05) is 49.7 Å². The summed E-state index contributed by atoms with van der Waals surface area (Å²) in [6.45, 7) is 11.2. The Bertz CT molecular complexity index is 394. The van der Waals surface area contributed by atoms with E-state index in [9.17, 15) is 0 Å². The maximum absolute atomic E-state index is 4.66. The molecule has 1 aliphatic rings. The minimum Gasteiger partial charge on any atom is -0.347 e. The van der Waals surface area contributed by atoms with Gasteiger partial charge in [-0.1, -0.05) is 13.8 Å². The molecule has 5 heteroatoms. The number of hydrogen-bond donors (Lipinski definition) is 0. The Morgan fingerprint density at radius 1 is 1.21 bits per heavy atom. The van der Waals surface area contributed by atoms with Crippen LogP contribution in [-0.2, 0) is 0 Å². The van der Waals surface area contributed by atoms with Gasteiger partial charge in [-0.15, -0.1) is 0 Å². The van der Waals surface area contributed by atoms with Crippen LogP contribution < -0.4 is 4.90 Å². The number of aromatic nitrogens is 2. The molecule has 0 spiro atoms. The highest BCUT2D eigenvalue weighted by atomic mass is 32.1. The van der Waals surface area contributed by atoms with E-state index in [0.29, 0.717) is 18.0 Å². The number of anilines is 1. The molecule has 0 unspecified atom stereocenters. The van der Waals surface area contributed by atoms with E-state index >= 15 is 0 Å². The Morgan fingerprint density at radius 2 is 1.84 bits per heavy atom. The minimum atomic E-state index is 0.418. The van der Waals surface area contributed by atoms with Crippen molar-refractivity contribution in [2.45, 2.75) is 58.5 Å². The summed E-state index contributed by atoms with van der Waals surface area (Å²) >= 11 is 1.54. The van der Waals surface area contributed by atoms with Crippen LogP contribution in [0.15, 0.2) is 0 Å². The molecule has 108 valence electrons. The molecule has 0 atom stereocenters. The average Bonchev–Trinajstić information content (AvgIpc) is 2.87. The summed E-state index contributed by atoms with van der Waals surface area (Å²) < 4.78 is 4.45. The number of hydrogen-bond acceptors (Lipinski definition) is 5. The average molecular weight is 282 g/mol. The summed E-state index contributed by atoms with van der Waals surface area (Å²) in [5.74, 6) is 1.40. The van der Waals surface area contributed by atoms with E-state index in [1.807, 2.05) is 0 Å². The second kappa shape index (κ2) is 6.18. The van der Waals surface area contributed by atoms with Crippen LogP contribution in [0.1, 0.15) is 52.3 Å². The van der Waals surface area contributed by atoms with Gasteiger partial charge in [0.05, 0.1) is 0 Å². The van der Waals surface area contributed by atoms with Gasteiger partial charge in [-0.3, -0.25) is 0 Å². The van der Waals surface area contributed by atoms with Gasteiger partial charge in [-0.2, -0.15) is 4.37 Å². The third-order valence-electron chi connectivity index (χ3n) is 4.03. The summed E-state index contributed by atoms with van der Waals surface area (Å²) in [5, 5.41) is 1.08. The van der Waals surface area contributed by atoms with Gasteiger partial charge in [-0.05, 0) is 26.7 Å². The monoisotopic (exact) mass is 282 g/mol. The van der Waals surface area contributed by atoms with Crippen molar-refractivity contribution in [2.24, 2.45) is 0 Å². The van der Waals surface area contributed by atoms with Gasteiger partial charge in [-0.25, -0.2) is 4.98 Å². The summed E-state index contributed by atoms with van der Waals surface area (Å²) in [7, 11) is 2.17. The Kier molecular flexibility index (Phi) is 4.79. The largest absolute Gasteiger partial charge is 0.347 e. The smallest absolute Gasteiger partial charge is 0.205 e. The quantitative estimate of drug-likeness (QED) is 0.850. The predicted molar refractivity (Wildman–Crippen MR) is 82.1 cm³/mol. The zero-order chi connectivity index (χ0) is 14.0. The van der Waals surface area contributed by atoms with Crippen molar-refractivity contribution < 1.29 is 0 Å². The van der Waals surface area contributed by atoms with E-state index < -0.39 is 0 Å². The molecular formula is C14H26N4S. The van der Waals surface area contributed by atoms with Crippen molar-refractivity contribution >= 4 is 16.7 Å². The third-order valence-corrected chi connectivity index (χ3v) is 4.85. The first-order valence-corrected chi connectivity index (χ1v) is 8.07. The Labute approximate surface area is 121 Å². The summed E-state index contributed by atoms with van der Waals surface area (Å²) in [6, 6.07) is 1.28. The van der Waals surface area contributed by atoms with E-state index in [4.69, 9.17) is 0 Å². The number of piperidine rings is 1. The van der Waals surface area contributed by atoms with Crippen LogP contribution in [-0.4, -0.2) is 46.5 Å². The molecule has 19 heavy (non-hydrogen) atoms. The number of rotatable bonds is 4. The number of nitrogens with zero attached hydrogens (tertiary/aromatic N) is 4. The zero-order valence-electron chi connectivity index (χ0n) is 12.8. The van der Waals surface area contributed by atoms with E-state index in [2.05, 4.69) is 53.9 Å². The molecule has 1 saturated heterocycles. The first-order valence-electron chi connectivity index (χ1n) is 7.29. The maximum atomic E-state index is 4.66. The normalized spacial score (nSPS) is 18.5. The van der Waals surface area contributed by atoms with Gasteiger partial charge in [0.25, 0.3) is 0 Å². The molecule has 1 fully saturated rings. The summed E-state index contributed by atoms with van der Waals surface area (Å²) in [4.78, 5) is 9.55. The van der Waals surface area contributed by atoms with Crippen LogP contribution in [0.4, 0.5) is 5.13 Å². The molecule has 0 bridgehead atoms. The molecule has 0 radical (unpaired) electrons. The SMILES string of the molecule is CC(C)c1nsc(N(C)C2CCN(C(C)C)CC2)n1. The third kappa shape index (κ3) is 3.45. The van der Waals surface area contributed by atoms with Crippen LogP contribution in [0, 0.1) is 0 Å². The molecule has 0 saturated carbocycles. The standard InChI is InChI=1S/C14H26N4S/c1-10(2)13-15-14(19-16-13)17(5)12-6-8-18(9-7-12)11(3)4/h10-12H,6-9H2,1-5H3. The lowest BCUT2D eigenvalue weighted by Gasteiger charge is -2.38. The van der Waals surface area contributed by atoms with Crippen LogP contribution in [0.5, 0.6) is 0 Å². The van der Waals surface area contributed by atoms with E-state index in [-0.39, 0.29) is 0 Å². The first kappa shape index (κ1) is 14.7. The minimum absolute atomic E-state index is 0.418. The lowest BCUT2D eigenvalue weighted by atomic mass is 10.0. The van der Waals surface area contributed by atoms with E-state index in [1.165, 1.54) is 37.5 Å². The van der Waals surface area contributed by atoms with Gasteiger partial charge in [0.2, 0.25) is 5.13 Å². The molecule has 0 aliphatic carbocycles. The fourth-order valence-corrected chi connectivity index (χ4v) is 3.39. The summed E-state index contributed by atoms with van der Waals surface area (Å²) in [5.41, 5.74) is 0. The van der Waals surface area contributed by atoms with Crippen molar-refractivity contribution in [1.29, 1.82) is 0 Å². The Hall–Kier alpha value is -0.680. The van der Waals surface area contributed by atoms with Gasteiger partial charge in [0.15, 0.2) is 0 Å². The molecule has 1 aromatic heterocycles. The second-order valence-electron chi connectivity index (χ2n) is 6.06. The maximum Gasteiger partial charge on any atom is 0.205 e. The molecule has 2 heterocycles. The van der Waals surface area contributed by atoms with Gasteiger partial charge < -0.3 is 9.80 Å². The van der Waals surface area contributed by atoms with Crippen LogP contribution in [0.25, 0.3) is 0 Å². The van der Waals surface area contributed by atoms with E-state index in [0.717, 1.165) is 11.0 Å². The van der Waals surface area contributed by atoms with Crippen LogP contribution in [0.2, 0.25) is 0 Å². The molecule has 2 rings (SSSR count). The van der Waals surface area contributed by atoms with Gasteiger partial charge >= 0.3 is 0 Å². The highest BCUT2D eigenvalue weighted by molar-refractivity contribution is 7.09. The fourth-order valence-electron chi connectivity index (χ4n) is 2.55. The molecule has 1 aromatic rings. The van der Waals surface area contributed by atoms with Crippen LogP contribution >= 0.6 is 11.5 Å². The molecule has 4 nitrogen and oxygen atoms in total. The van der Waals surface area contributed by atoms with E-state index in [1.54, 1.807) is 0 Å². The van der Waals surface area contributed by atoms with Crippen molar-refractivity contribution in [3.8, 4) is 0 Å². The van der Waals surface area contributed by atoms with Gasteiger partial charge in [0.1, 0.15) is 5.82 Å². The highest BCUT2D eigenvalue weighted by Gasteiger charge is 2.25. The fraction of sp³-hybridized carbons (Fsp3) is 0.857. The van der Waals surface area contributed by atoms with Crippen molar-refractivity contribution in [3.05, 3.63) is 5.82 Å². The molecule has 0 aromatic carbocycles. The zero-order valence-corrected chi connectivity index (χ0v) is 13.6. The Morgan fingerprint density at radius 3 is 2.32 bits per heavy atom. The predicted octanol–water partition coefficient (Wildman–Crippen LogP) is 2.97. The summed E-state index contributed by atoms with van der Waals surface area (Å²) in [6.07, 6.45) is 2.45. The second-order valence-corrected chi connectivity index (χ2v) is 6.79. The van der Waals surface area contributed by atoms with Crippen molar-refractivity contribution in [2.75, 3.05) is 25.0 Å². The highest BCUT2D eigenvalue weighted by Crippen LogP contribution is 2.26. The molecule has 1 aliphatic heterocycles. The topological polar surface area (TPSA) is 32.3 Å². The van der Waals surface area contributed by atoms with Crippen LogP contribution in [0.3, 0.4) is 0 Å². The molecule has 0 amide bonds. The lowest BCUT2D eigenvalue weighted by Crippen LogP contribution is -2.45. The van der Waals surface area contributed by atoms with Crippen molar-refractivity contribution in [1.82, 2.24) is 14.3 Å². The Balaban J connectivity index is 1.95. The first-order chi connectivity index (χ1) is 8.99. The molecular weight excluding hydrogens is 256 g/mol. The number of likely N-dealkylation sites (tertiary alicyclic amines) is 1. The van der Waals surface area contributed by atoms with Crippen molar-refractivity contribution in [3.63, 3.8) is 0 Å². The lowest BCUT2D eigenvalue weighted by molar-refractivity contribution is 0.171. The molecule has 0 N–H and O–H groups in total.